The molecule has 18 heavy (non-hydrogen) atoms. The summed E-state index contributed by atoms with van der Waals surface area (Å²) in [6.07, 6.45) is 4.01. The van der Waals surface area contributed by atoms with Gasteiger partial charge in [-0.05, 0) is 75.6 Å². The third-order valence-electron chi connectivity index (χ3n) is 4.69. The third kappa shape index (κ3) is 2.61. The summed E-state index contributed by atoms with van der Waals surface area (Å²) in [6.45, 7) is 12.4. The highest BCUT2D eigenvalue weighted by atomic mass is 14.9. The molecular weight excluding hydrogens is 218 g/mol. The minimum absolute atomic E-state index is 0.529. The van der Waals surface area contributed by atoms with Crippen molar-refractivity contribution in [3.05, 3.63) is 34.4 Å². The van der Waals surface area contributed by atoms with Crippen molar-refractivity contribution in [2.75, 3.05) is 6.54 Å². The Balaban J connectivity index is 2.19. The van der Waals surface area contributed by atoms with Crippen LogP contribution in [0.1, 0.15) is 48.9 Å². The number of aryl methyl sites for hydroxylation is 3. The molecule has 0 aromatic heterocycles. The van der Waals surface area contributed by atoms with E-state index in [1.807, 2.05) is 0 Å². The van der Waals surface area contributed by atoms with Gasteiger partial charge in [0.25, 0.3) is 0 Å². The molecule has 1 aromatic rings. The zero-order chi connectivity index (χ0) is 13.3. The van der Waals surface area contributed by atoms with E-state index in [9.17, 15) is 0 Å². The molecule has 1 aliphatic rings. The van der Waals surface area contributed by atoms with E-state index in [2.05, 4.69) is 52.1 Å². The van der Waals surface area contributed by atoms with Crippen molar-refractivity contribution in [2.45, 2.75) is 59.9 Å². The highest BCUT2D eigenvalue weighted by Gasteiger charge is 2.47. The highest BCUT2D eigenvalue weighted by Crippen LogP contribution is 2.51. The Labute approximate surface area is 112 Å². The summed E-state index contributed by atoms with van der Waals surface area (Å²) in [5, 5.41) is 3.62. The number of hydrogen-bond donors (Lipinski definition) is 1. The van der Waals surface area contributed by atoms with Gasteiger partial charge < -0.3 is 5.32 Å². The van der Waals surface area contributed by atoms with Crippen LogP contribution in [-0.4, -0.2) is 12.6 Å². The molecule has 1 aromatic carbocycles. The van der Waals surface area contributed by atoms with Crippen LogP contribution in [0.3, 0.4) is 0 Å². The Kier molecular flexibility index (Phi) is 3.82. The van der Waals surface area contributed by atoms with Gasteiger partial charge in [0.15, 0.2) is 0 Å². The highest BCUT2D eigenvalue weighted by molar-refractivity contribution is 5.39. The summed E-state index contributed by atoms with van der Waals surface area (Å²) < 4.78 is 0. The lowest BCUT2D eigenvalue weighted by Gasteiger charge is -2.26. The van der Waals surface area contributed by atoms with E-state index < -0.39 is 0 Å². The molecule has 0 saturated heterocycles. The molecule has 2 rings (SSSR count). The SMILES string of the molecule is CCNC(C)C1(Cc2c(C)cc(C)cc2C)CC1. The van der Waals surface area contributed by atoms with Crippen molar-refractivity contribution in [2.24, 2.45) is 5.41 Å². The van der Waals surface area contributed by atoms with Crippen molar-refractivity contribution in [3.8, 4) is 0 Å². The molecule has 1 aliphatic carbocycles. The molecule has 1 N–H and O–H groups in total. The van der Waals surface area contributed by atoms with Crippen LogP contribution in [0.2, 0.25) is 0 Å². The van der Waals surface area contributed by atoms with Gasteiger partial charge in [0.05, 0.1) is 0 Å². The van der Waals surface area contributed by atoms with Crippen molar-refractivity contribution in [1.82, 2.24) is 5.32 Å². The van der Waals surface area contributed by atoms with E-state index in [0.717, 1.165) is 6.54 Å². The van der Waals surface area contributed by atoms with Gasteiger partial charge >= 0.3 is 0 Å². The average Bonchev–Trinajstić information content (AvgIpc) is 3.05. The maximum absolute atomic E-state index is 3.62. The Morgan fingerprint density at radius 1 is 1.17 bits per heavy atom. The fraction of sp³-hybridized carbons (Fsp3) is 0.647. The largest absolute Gasteiger partial charge is 0.314 e. The zero-order valence-electron chi connectivity index (χ0n) is 12.6. The van der Waals surface area contributed by atoms with Gasteiger partial charge in [-0.25, -0.2) is 0 Å². The quantitative estimate of drug-likeness (QED) is 0.828. The van der Waals surface area contributed by atoms with E-state index >= 15 is 0 Å². The lowest BCUT2D eigenvalue weighted by atomic mass is 9.85. The monoisotopic (exact) mass is 245 g/mol. The minimum Gasteiger partial charge on any atom is -0.314 e. The maximum Gasteiger partial charge on any atom is 0.00982 e. The summed E-state index contributed by atoms with van der Waals surface area (Å²) in [5.41, 5.74) is 6.45. The molecule has 1 saturated carbocycles. The predicted octanol–water partition coefficient (Wildman–Crippen LogP) is 3.93. The molecule has 0 radical (unpaired) electrons. The van der Waals surface area contributed by atoms with E-state index in [0.29, 0.717) is 11.5 Å². The third-order valence-corrected chi connectivity index (χ3v) is 4.69. The summed E-state index contributed by atoms with van der Waals surface area (Å²) in [6, 6.07) is 5.30. The standard InChI is InChI=1S/C17H27N/c1-6-18-15(5)17(7-8-17)11-16-13(3)9-12(2)10-14(16)4/h9-10,15,18H,6-8,11H2,1-5H3. The Morgan fingerprint density at radius 3 is 2.17 bits per heavy atom. The molecule has 1 fully saturated rings. The zero-order valence-corrected chi connectivity index (χ0v) is 12.6. The van der Waals surface area contributed by atoms with Crippen molar-refractivity contribution < 1.29 is 0 Å². The average molecular weight is 245 g/mol. The van der Waals surface area contributed by atoms with Crippen molar-refractivity contribution in [3.63, 3.8) is 0 Å². The van der Waals surface area contributed by atoms with Crippen LogP contribution < -0.4 is 5.32 Å². The number of hydrogen-bond acceptors (Lipinski definition) is 1. The minimum atomic E-state index is 0.529. The van der Waals surface area contributed by atoms with Crippen LogP contribution in [0.5, 0.6) is 0 Å². The van der Waals surface area contributed by atoms with Crippen molar-refractivity contribution >= 4 is 0 Å². The first kappa shape index (κ1) is 13.6. The lowest BCUT2D eigenvalue weighted by Crippen LogP contribution is -2.36. The van der Waals surface area contributed by atoms with Crippen LogP contribution in [0.15, 0.2) is 12.1 Å². The first-order valence-corrected chi connectivity index (χ1v) is 7.28. The molecule has 1 heteroatoms. The summed E-state index contributed by atoms with van der Waals surface area (Å²) in [5.74, 6) is 0. The smallest absolute Gasteiger partial charge is 0.00982 e. The predicted molar refractivity (Wildman–Crippen MR) is 79.2 cm³/mol. The van der Waals surface area contributed by atoms with E-state index in [1.54, 1.807) is 5.56 Å². The van der Waals surface area contributed by atoms with Gasteiger partial charge in [-0.3, -0.25) is 0 Å². The second-order valence-corrected chi connectivity index (χ2v) is 6.20. The first-order valence-electron chi connectivity index (χ1n) is 7.28. The Morgan fingerprint density at radius 2 is 1.72 bits per heavy atom. The van der Waals surface area contributed by atoms with Gasteiger partial charge in [0.2, 0.25) is 0 Å². The molecule has 0 bridgehead atoms. The maximum atomic E-state index is 3.62. The van der Waals surface area contributed by atoms with E-state index in [-0.39, 0.29) is 0 Å². The van der Waals surface area contributed by atoms with Gasteiger partial charge in [-0.15, -0.1) is 0 Å². The molecule has 0 spiro atoms. The van der Waals surface area contributed by atoms with Crippen molar-refractivity contribution in [1.29, 1.82) is 0 Å². The van der Waals surface area contributed by atoms with Crippen LogP contribution >= 0.6 is 0 Å². The van der Waals surface area contributed by atoms with Gasteiger partial charge in [-0.1, -0.05) is 24.6 Å². The second-order valence-electron chi connectivity index (χ2n) is 6.20. The molecule has 1 nitrogen and oxygen atoms in total. The number of rotatable bonds is 5. The van der Waals surface area contributed by atoms with E-state index in [1.165, 1.54) is 36.0 Å². The van der Waals surface area contributed by atoms with E-state index in [4.69, 9.17) is 0 Å². The molecule has 0 amide bonds. The van der Waals surface area contributed by atoms with Gasteiger partial charge in [-0.2, -0.15) is 0 Å². The first-order chi connectivity index (χ1) is 8.48. The van der Waals surface area contributed by atoms with Crippen LogP contribution in [-0.2, 0) is 6.42 Å². The molecule has 1 unspecified atom stereocenters. The summed E-state index contributed by atoms with van der Waals surface area (Å²) in [7, 11) is 0. The Hall–Kier alpha value is -0.820. The molecule has 0 heterocycles. The van der Waals surface area contributed by atoms with Gasteiger partial charge in [0, 0.05) is 6.04 Å². The van der Waals surface area contributed by atoms with Crippen LogP contribution in [0.4, 0.5) is 0 Å². The normalized spacial score (nSPS) is 18.7. The van der Waals surface area contributed by atoms with Crippen LogP contribution in [0.25, 0.3) is 0 Å². The molecule has 0 aliphatic heterocycles. The Bertz CT molecular complexity index is 406. The molecular formula is C17H27N. The summed E-state index contributed by atoms with van der Waals surface area (Å²) in [4.78, 5) is 0. The molecule has 100 valence electrons. The molecule has 1 atom stereocenters. The second kappa shape index (κ2) is 5.05. The number of benzene rings is 1. The topological polar surface area (TPSA) is 12.0 Å². The fourth-order valence-electron chi connectivity index (χ4n) is 3.29. The number of nitrogens with one attached hydrogen (secondary N) is 1. The summed E-state index contributed by atoms with van der Waals surface area (Å²) >= 11 is 0. The van der Waals surface area contributed by atoms with Gasteiger partial charge in [0.1, 0.15) is 0 Å². The van der Waals surface area contributed by atoms with Crippen LogP contribution in [0, 0.1) is 26.2 Å². The lowest BCUT2D eigenvalue weighted by molar-refractivity contribution is 0.354. The fourth-order valence-corrected chi connectivity index (χ4v) is 3.29.